The molecule has 1 fully saturated rings. The minimum absolute atomic E-state index is 0.107. The Morgan fingerprint density at radius 1 is 1.12 bits per heavy atom. The van der Waals surface area contributed by atoms with Gasteiger partial charge in [-0.25, -0.2) is 9.59 Å². The maximum absolute atomic E-state index is 12.0. The highest BCUT2D eigenvalue weighted by Crippen LogP contribution is 2.29. The van der Waals surface area contributed by atoms with E-state index in [-0.39, 0.29) is 11.5 Å². The second kappa shape index (κ2) is 7.73. The minimum Gasteiger partial charge on any atom is -0.419 e. The van der Waals surface area contributed by atoms with Crippen molar-refractivity contribution in [3.8, 4) is 0 Å². The molecular formula is C19H21NO4. The van der Waals surface area contributed by atoms with Crippen molar-refractivity contribution in [3.05, 3.63) is 54.1 Å². The van der Waals surface area contributed by atoms with Gasteiger partial charge in [-0.05, 0) is 18.2 Å². The molecule has 24 heavy (non-hydrogen) atoms. The highest BCUT2D eigenvalue weighted by Gasteiger charge is 2.44. The molecule has 0 N–H and O–H groups in total. The van der Waals surface area contributed by atoms with Crippen LogP contribution < -0.4 is 0 Å². The number of carbonyl (C=O) groups excluding carboxylic acids is 2. The Morgan fingerprint density at radius 2 is 1.75 bits per heavy atom. The molecule has 0 spiro atoms. The molecule has 0 aliphatic carbocycles. The third-order valence-corrected chi connectivity index (χ3v) is 3.72. The molecule has 0 radical (unpaired) electrons. The molecule has 1 heterocycles. The molecular weight excluding hydrogens is 306 g/mol. The number of nitrogens with zero attached hydrogens (tertiary/aromatic N) is 1. The number of allylic oxidation sites excluding steroid dienone is 3. The Morgan fingerprint density at radius 3 is 2.33 bits per heavy atom. The SMILES string of the molecule is CC(C)C1(C)OC(=O)C(=CC=CCC=Nc2ccccc2)C(=O)O1. The molecule has 1 saturated heterocycles. The van der Waals surface area contributed by atoms with Crippen LogP contribution in [0.3, 0.4) is 0 Å². The van der Waals surface area contributed by atoms with Gasteiger partial charge < -0.3 is 9.47 Å². The van der Waals surface area contributed by atoms with Crippen molar-refractivity contribution in [1.29, 1.82) is 0 Å². The van der Waals surface area contributed by atoms with Crippen LogP contribution in [0, 0.1) is 5.92 Å². The lowest BCUT2D eigenvalue weighted by atomic mass is 10.0. The first-order valence-electron chi connectivity index (χ1n) is 7.83. The van der Waals surface area contributed by atoms with E-state index in [1.807, 2.05) is 44.2 Å². The van der Waals surface area contributed by atoms with Crippen molar-refractivity contribution in [2.45, 2.75) is 33.0 Å². The molecule has 1 aliphatic heterocycles. The number of rotatable bonds is 5. The summed E-state index contributed by atoms with van der Waals surface area (Å²) in [5.41, 5.74) is 0.765. The van der Waals surface area contributed by atoms with E-state index in [0.717, 1.165) is 5.69 Å². The van der Waals surface area contributed by atoms with Crippen LogP contribution in [0.2, 0.25) is 0 Å². The Hall–Kier alpha value is -2.69. The average Bonchev–Trinajstić information content (AvgIpc) is 2.53. The predicted octanol–water partition coefficient (Wildman–Crippen LogP) is 3.73. The van der Waals surface area contributed by atoms with E-state index < -0.39 is 17.7 Å². The zero-order chi connectivity index (χ0) is 17.6. The van der Waals surface area contributed by atoms with E-state index >= 15 is 0 Å². The van der Waals surface area contributed by atoms with Crippen LogP contribution in [0.15, 0.2) is 59.1 Å². The topological polar surface area (TPSA) is 65.0 Å². The lowest BCUT2D eigenvalue weighted by molar-refractivity contribution is -0.242. The Kier molecular flexibility index (Phi) is 5.68. The van der Waals surface area contributed by atoms with Crippen molar-refractivity contribution in [1.82, 2.24) is 0 Å². The van der Waals surface area contributed by atoms with Gasteiger partial charge in [0, 0.05) is 25.5 Å². The summed E-state index contributed by atoms with van der Waals surface area (Å²) >= 11 is 0. The first-order valence-corrected chi connectivity index (χ1v) is 7.83. The molecule has 1 aromatic carbocycles. The molecule has 5 nitrogen and oxygen atoms in total. The molecule has 5 heteroatoms. The van der Waals surface area contributed by atoms with Gasteiger partial charge >= 0.3 is 11.9 Å². The molecule has 1 aliphatic rings. The van der Waals surface area contributed by atoms with Crippen LogP contribution in [-0.2, 0) is 19.1 Å². The van der Waals surface area contributed by atoms with Crippen molar-refractivity contribution < 1.29 is 19.1 Å². The fraction of sp³-hybridized carbons (Fsp3) is 0.316. The van der Waals surface area contributed by atoms with E-state index in [4.69, 9.17) is 9.47 Å². The van der Waals surface area contributed by atoms with E-state index in [9.17, 15) is 9.59 Å². The van der Waals surface area contributed by atoms with Gasteiger partial charge in [-0.3, -0.25) is 4.99 Å². The van der Waals surface area contributed by atoms with Crippen LogP contribution in [-0.4, -0.2) is 23.9 Å². The molecule has 0 unspecified atom stereocenters. The lowest BCUT2D eigenvalue weighted by Gasteiger charge is -2.36. The predicted molar refractivity (Wildman–Crippen MR) is 91.9 cm³/mol. The van der Waals surface area contributed by atoms with Crippen LogP contribution >= 0.6 is 0 Å². The van der Waals surface area contributed by atoms with Gasteiger partial charge in [0.15, 0.2) is 0 Å². The third kappa shape index (κ3) is 4.41. The van der Waals surface area contributed by atoms with Gasteiger partial charge in [-0.1, -0.05) is 44.2 Å². The number of cyclic esters (lactones) is 2. The second-order valence-electron chi connectivity index (χ2n) is 5.84. The quantitative estimate of drug-likeness (QED) is 0.358. The molecule has 0 saturated carbocycles. The number of ether oxygens (including phenoxy) is 2. The number of esters is 2. The van der Waals surface area contributed by atoms with Crippen LogP contribution in [0.5, 0.6) is 0 Å². The van der Waals surface area contributed by atoms with Crippen LogP contribution in [0.25, 0.3) is 0 Å². The number of carbonyl (C=O) groups is 2. The largest absolute Gasteiger partial charge is 0.419 e. The first-order chi connectivity index (χ1) is 11.4. The smallest absolute Gasteiger partial charge is 0.348 e. The van der Waals surface area contributed by atoms with Gasteiger partial charge in [0.25, 0.3) is 5.79 Å². The molecule has 0 aromatic heterocycles. The second-order valence-corrected chi connectivity index (χ2v) is 5.84. The third-order valence-electron chi connectivity index (χ3n) is 3.72. The normalized spacial score (nSPS) is 21.4. The van der Waals surface area contributed by atoms with Gasteiger partial charge in [-0.2, -0.15) is 0 Å². The van der Waals surface area contributed by atoms with Gasteiger partial charge in [0.05, 0.1) is 5.69 Å². The van der Waals surface area contributed by atoms with Gasteiger partial charge in [0.2, 0.25) is 0 Å². The Bertz CT molecular complexity index is 667. The Labute approximate surface area is 141 Å². The van der Waals surface area contributed by atoms with Crippen molar-refractivity contribution in [2.75, 3.05) is 0 Å². The minimum atomic E-state index is -1.21. The fourth-order valence-corrected chi connectivity index (χ4v) is 1.93. The number of hydrogen-bond acceptors (Lipinski definition) is 5. The van der Waals surface area contributed by atoms with Crippen molar-refractivity contribution >= 4 is 23.8 Å². The first kappa shape index (κ1) is 17.7. The number of hydrogen-bond donors (Lipinski definition) is 0. The molecule has 0 atom stereocenters. The molecule has 126 valence electrons. The maximum Gasteiger partial charge on any atom is 0.348 e. The maximum atomic E-state index is 12.0. The summed E-state index contributed by atoms with van der Waals surface area (Å²) in [6.45, 7) is 5.22. The molecule has 2 rings (SSSR count). The summed E-state index contributed by atoms with van der Waals surface area (Å²) < 4.78 is 10.5. The highest BCUT2D eigenvalue weighted by molar-refractivity contribution is 6.15. The monoisotopic (exact) mass is 327 g/mol. The summed E-state index contributed by atoms with van der Waals surface area (Å²) in [6.07, 6.45) is 7.13. The van der Waals surface area contributed by atoms with Crippen molar-refractivity contribution in [2.24, 2.45) is 10.9 Å². The van der Waals surface area contributed by atoms with Crippen LogP contribution in [0.1, 0.15) is 27.2 Å². The summed E-state index contributed by atoms with van der Waals surface area (Å²) in [7, 11) is 0. The fourth-order valence-electron chi connectivity index (χ4n) is 1.93. The summed E-state index contributed by atoms with van der Waals surface area (Å²) in [6, 6.07) is 9.57. The summed E-state index contributed by atoms with van der Waals surface area (Å²) in [4.78, 5) is 28.2. The lowest BCUT2D eigenvalue weighted by Crippen LogP contribution is -2.47. The molecule has 0 bridgehead atoms. The zero-order valence-electron chi connectivity index (χ0n) is 14.1. The molecule has 0 amide bonds. The van der Waals surface area contributed by atoms with Gasteiger partial charge in [0.1, 0.15) is 5.57 Å². The average molecular weight is 327 g/mol. The van der Waals surface area contributed by atoms with Crippen molar-refractivity contribution in [3.63, 3.8) is 0 Å². The number of aliphatic imine (C=N–C) groups is 1. The van der Waals surface area contributed by atoms with E-state index in [0.29, 0.717) is 6.42 Å². The number of para-hydroxylation sites is 1. The van der Waals surface area contributed by atoms with Crippen LogP contribution in [0.4, 0.5) is 5.69 Å². The highest BCUT2D eigenvalue weighted by atomic mass is 16.7. The summed E-state index contributed by atoms with van der Waals surface area (Å²) in [5, 5.41) is 0. The van der Waals surface area contributed by atoms with E-state index in [1.54, 1.807) is 25.3 Å². The Balaban J connectivity index is 1.93. The van der Waals surface area contributed by atoms with E-state index in [2.05, 4.69) is 4.99 Å². The number of benzene rings is 1. The molecule has 1 aromatic rings. The zero-order valence-corrected chi connectivity index (χ0v) is 14.1. The standard InChI is InChI=1S/C19H21NO4/c1-14(2)19(3)23-17(21)16(18(22)24-19)12-8-5-9-13-20-15-10-6-4-7-11-15/h4-8,10-14H,9H2,1-3H3. The van der Waals surface area contributed by atoms with Gasteiger partial charge in [-0.15, -0.1) is 0 Å². The van der Waals surface area contributed by atoms with E-state index in [1.165, 1.54) is 6.08 Å². The summed E-state index contributed by atoms with van der Waals surface area (Å²) in [5.74, 6) is -2.66.